The van der Waals surface area contributed by atoms with E-state index in [9.17, 15) is 0 Å². The van der Waals surface area contributed by atoms with Crippen molar-refractivity contribution in [3.8, 4) is 0 Å². The van der Waals surface area contributed by atoms with Crippen molar-refractivity contribution in [2.24, 2.45) is 0 Å². The molecule has 0 aromatic carbocycles. The van der Waals surface area contributed by atoms with Crippen LogP contribution in [0.5, 0.6) is 0 Å². The van der Waals surface area contributed by atoms with E-state index in [-0.39, 0.29) is 5.60 Å². The zero-order valence-electron chi connectivity index (χ0n) is 4.41. The summed E-state index contributed by atoms with van der Waals surface area (Å²) in [6.07, 6.45) is 0. The first-order valence-corrected chi connectivity index (χ1v) is 3.37. The van der Waals surface area contributed by atoms with E-state index >= 15 is 0 Å². The molecule has 0 amide bonds. The Hall–Kier alpha value is 0.830. The van der Waals surface area contributed by atoms with E-state index in [1.807, 2.05) is 0 Å². The predicted octanol–water partition coefficient (Wildman–Crippen LogP) is 1.26. The van der Waals surface area contributed by atoms with Gasteiger partial charge in [-0.25, -0.2) is 0 Å². The molecule has 0 saturated heterocycles. The molecule has 0 unspecified atom stereocenters. The van der Waals surface area contributed by atoms with E-state index < -0.39 is 0 Å². The van der Waals surface area contributed by atoms with Crippen LogP contribution in [0.25, 0.3) is 0 Å². The molecule has 0 spiro atoms. The van der Waals surface area contributed by atoms with Gasteiger partial charge in [-0.1, -0.05) is 0 Å². The van der Waals surface area contributed by atoms with Crippen molar-refractivity contribution < 1.29 is 27.7 Å². The summed E-state index contributed by atoms with van der Waals surface area (Å²) < 4.78 is 5.08. The van der Waals surface area contributed by atoms with E-state index in [1.165, 1.54) is 0 Å². The van der Waals surface area contributed by atoms with Gasteiger partial charge in [0.15, 0.2) is 0 Å². The van der Waals surface area contributed by atoms with Crippen LogP contribution in [0.2, 0.25) is 0 Å². The van der Waals surface area contributed by atoms with Crippen LogP contribution in [0.4, 0.5) is 0 Å². The Balaban J connectivity index is 3.17. The third-order valence-electron chi connectivity index (χ3n) is 0.306. The Morgan fingerprint density at radius 2 is 1.50 bits per heavy atom. The van der Waals surface area contributed by atoms with Crippen LogP contribution in [0, 0.1) is 0 Å². The molecule has 0 bridgehead atoms. The van der Waals surface area contributed by atoms with Crippen LogP contribution in [0.15, 0.2) is 0 Å². The van der Waals surface area contributed by atoms with Crippen molar-refractivity contribution in [3.63, 3.8) is 0 Å². The van der Waals surface area contributed by atoms with Gasteiger partial charge in [0.25, 0.3) is 0 Å². The molecule has 0 radical (unpaired) electrons. The number of rotatable bonds is 0. The summed E-state index contributed by atoms with van der Waals surface area (Å²) in [4.78, 5) is 0. The average Bonchev–Trinajstić information content (AvgIpc) is 1.35. The molecule has 0 rings (SSSR count). The van der Waals surface area contributed by atoms with Crippen LogP contribution < -0.4 is 0 Å². The van der Waals surface area contributed by atoms with Crippen LogP contribution in [-0.2, 0) is 27.7 Å². The van der Waals surface area contributed by atoms with Crippen molar-refractivity contribution >= 4 is 0 Å². The van der Waals surface area contributed by atoms with Crippen molar-refractivity contribution in [2.75, 3.05) is 0 Å². The van der Waals surface area contributed by atoms with Gasteiger partial charge in [-0.2, -0.15) is 0 Å². The zero-order valence-corrected chi connectivity index (χ0v) is 8.00. The summed E-state index contributed by atoms with van der Waals surface area (Å²) in [5, 5.41) is 0. The first-order valence-electron chi connectivity index (χ1n) is 1.91. The minimum absolute atomic E-state index is 0.103. The van der Waals surface area contributed by atoms with Gasteiger partial charge in [0.1, 0.15) is 0 Å². The Labute approximate surface area is 54.3 Å². The zero-order chi connectivity index (χ0) is 5.21. The summed E-state index contributed by atoms with van der Waals surface area (Å²) in [5.41, 5.74) is 0.103. The number of hydrogen-bond donors (Lipinski definition) is 0. The maximum atomic E-state index is 5.08. The second-order valence-electron chi connectivity index (χ2n) is 2.21. The van der Waals surface area contributed by atoms with Gasteiger partial charge in [0.05, 0.1) is 0 Å². The van der Waals surface area contributed by atoms with Gasteiger partial charge < -0.3 is 0 Å². The third kappa shape index (κ3) is 4.83. The Morgan fingerprint density at radius 3 is 1.50 bits per heavy atom. The first kappa shape index (κ1) is 6.83. The fourth-order valence-corrected chi connectivity index (χ4v) is 0. The van der Waals surface area contributed by atoms with Crippen LogP contribution in [-0.4, -0.2) is 5.60 Å². The molecule has 2 heteroatoms. The molecule has 0 fully saturated rings. The summed E-state index contributed by atoms with van der Waals surface area (Å²) >= 11 is 0.848. The van der Waals surface area contributed by atoms with E-state index in [4.69, 9.17) is 2.85 Å². The third-order valence-corrected chi connectivity index (χ3v) is 2.51. The molecule has 0 aliphatic carbocycles. The van der Waals surface area contributed by atoms with Gasteiger partial charge in [-0.3, -0.25) is 0 Å². The van der Waals surface area contributed by atoms with Crippen molar-refractivity contribution in [1.82, 2.24) is 0 Å². The van der Waals surface area contributed by atoms with E-state index in [0.717, 1.165) is 24.8 Å². The minimum atomic E-state index is 0.103. The fourth-order valence-electron chi connectivity index (χ4n) is 0. The van der Waals surface area contributed by atoms with E-state index in [1.54, 1.807) is 0 Å². The normalized spacial score (nSPS) is 11.7. The second kappa shape index (κ2) is 2.22. The molecule has 0 atom stereocenters. The molecule has 0 aromatic rings. The van der Waals surface area contributed by atoms with Gasteiger partial charge in [-0.05, 0) is 0 Å². The standard InChI is InChI=1S/C4H9O.Hf/c1-4(2,3)5;/h1-3H3;/q-1;+1. The average molecular weight is 252 g/mol. The van der Waals surface area contributed by atoms with Crippen LogP contribution >= 0.6 is 0 Å². The SMILES string of the molecule is CC(C)(C)[O][Hf]. The predicted molar refractivity (Wildman–Crippen MR) is 20.8 cm³/mol. The monoisotopic (exact) mass is 253 g/mol. The molecule has 0 aliphatic rings. The van der Waals surface area contributed by atoms with Crippen molar-refractivity contribution in [1.29, 1.82) is 0 Å². The molecular weight excluding hydrogens is 243 g/mol. The van der Waals surface area contributed by atoms with Crippen LogP contribution in [0.1, 0.15) is 20.8 Å². The second-order valence-corrected chi connectivity index (χ2v) is 2.95. The topological polar surface area (TPSA) is 9.23 Å². The molecule has 0 N–H and O–H groups in total. The Kier molecular flexibility index (Phi) is 2.53. The molecule has 0 heterocycles. The van der Waals surface area contributed by atoms with Crippen LogP contribution in [0.3, 0.4) is 0 Å². The molecule has 0 saturated carbocycles. The summed E-state index contributed by atoms with van der Waals surface area (Å²) in [6, 6.07) is 0. The fraction of sp³-hybridized carbons (Fsp3) is 1.00. The van der Waals surface area contributed by atoms with Gasteiger partial charge in [0.2, 0.25) is 0 Å². The van der Waals surface area contributed by atoms with Crippen molar-refractivity contribution in [2.45, 2.75) is 26.4 Å². The Bertz CT molecular complexity index is 37.3. The molecular formula is C4H9HfO. The van der Waals surface area contributed by atoms with E-state index in [0.29, 0.717) is 0 Å². The van der Waals surface area contributed by atoms with E-state index in [2.05, 4.69) is 20.8 Å². The summed E-state index contributed by atoms with van der Waals surface area (Å²) in [7, 11) is 0. The Morgan fingerprint density at radius 1 is 1.33 bits per heavy atom. The first-order chi connectivity index (χ1) is 2.56. The molecule has 6 heavy (non-hydrogen) atoms. The maximum absolute atomic E-state index is 5.08. The molecule has 0 aliphatic heterocycles. The van der Waals surface area contributed by atoms with Gasteiger partial charge in [0, 0.05) is 0 Å². The summed E-state index contributed by atoms with van der Waals surface area (Å²) in [5.74, 6) is 0. The van der Waals surface area contributed by atoms with Gasteiger partial charge in [-0.15, -0.1) is 0 Å². The van der Waals surface area contributed by atoms with Crippen molar-refractivity contribution in [3.05, 3.63) is 0 Å². The quantitative estimate of drug-likeness (QED) is 0.589. The summed E-state index contributed by atoms with van der Waals surface area (Å²) in [6.45, 7) is 6.17. The molecule has 0 aromatic heterocycles. The molecule has 1 nitrogen and oxygen atoms in total. The van der Waals surface area contributed by atoms with Gasteiger partial charge >= 0.3 is 54.0 Å². The number of hydrogen-bond acceptors (Lipinski definition) is 1. The molecule has 35 valence electrons.